The van der Waals surface area contributed by atoms with Gasteiger partial charge in [0.15, 0.2) is 22.5 Å². The minimum atomic E-state index is -0.136. The molecule has 0 atom stereocenters. The van der Waals surface area contributed by atoms with Crippen molar-refractivity contribution < 1.29 is 14.3 Å². The third-order valence-electron chi connectivity index (χ3n) is 3.89. The number of rotatable bonds is 8. The van der Waals surface area contributed by atoms with E-state index >= 15 is 0 Å². The van der Waals surface area contributed by atoms with Crippen molar-refractivity contribution in [2.24, 2.45) is 7.05 Å². The third kappa shape index (κ3) is 5.74. The predicted octanol–water partition coefficient (Wildman–Crippen LogP) is 4.66. The van der Waals surface area contributed by atoms with E-state index in [0.717, 1.165) is 8.95 Å². The molecule has 0 unspecified atom stereocenters. The van der Waals surface area contributed by atoms with Gasteiger partial charge in [0.1, 0.15) is 6.61 Å². The lowest BCUT2D eigenvalue weighted by molar-refractivity contribution is -0.113. The maximum absolute atomic E-state index is 12.3. The van der Waals surface area contributed by atoms with Gasteiger partial charge < -0.3 is 19.4 Å². The van der Waals surface area contributed by atoms with Crippen LogP contribution in [0.1, 0.15) is 5.82 Å². The Kier molecular flexibility index (Phi) is 7.57. The number of carbonyl (C=O) groups is 1. The van der Waals surface area contributed by atoms with Gasteiger partial charge in [-0.2, -0.15) is 0 Å². The molecule has 0 saturated heterocycles. The molecule has 3 rings (SSSR count). The van der Waals surface area contributed by atoms with Crippen molar-refractivity contribution in [1.29, 1.82) is 0 Å². The van der Waals surface area contributed by atoms with E-state index in [1.54, 1.807) is 7.11 Å². The van der Waals surface area contributed by atoms with E-state index in [9.17, 15) is 4.79 Å². The first-order valence-corrected chi connectivity index (χ1v) is 11.1. The van der Waals surface area contributed by atoms with E-state index in [1.165, 1.54) is 11.8 Å². The molecule has 1 aromatic heterocycles. The summed E-state index contributed by atoms with van der Waals surface area (Å²) < 4.78 is 14.6. The van der Waals surface area contributed by atoms with Gasteiger partial charge in [0.25, 0.3) is 0 Å². The van der Waals surface area contributed by atoms with Crippen LogP contribution in [0.2, 0.25) is 0 Å². The molecule has 0 radical (unpaired) electrons. The Morgan fingerprint density at radius 2 is 1.93 bits per heavy atom. The SMILES string of the molecule is COc1ccccc1OCc1nnc(SCC(=O)Nc2cc(Br)ccc2Br)n1C. The quantitative estimate of drug-likeness (QED) is 0.418. The molecule has 7 nitrogen and oxygen atoms in total. The first-order valence-electron chi connectivity index (χ1n) is 8.49. The predicted molar refractivity (Wildman–Crippen MR) is 120 cm³/mol. The standard InChI is InChI=1S/C19H18Br2N4O3S/c1-25-17(10-28-16-6-4-3-5-15(16)27-2)23-24-19(25)29-11-18(26)22-14-9-12(20)7-8-13(14)21/h3-9H,10-11H2,1-2H3,(H,22,26). The van der Waals surface area contributed by atoms with Gasteiger partial charge in [-0.05, 0) is 46.3 Å². The first kappa shape index (κ1) is 21.7. The fourth-order valence-electron chi connectivity index (χ4n) is 2.39. The van der Waals surface area contributed by atoms with Gasteiger partial charge in [0.05, 0.1) is 18.6 Å². The zero-order chi connectivity index (χ0) is 20.8. The van der Waals surface area contributed by atoms with Crippen molar-refractivity contribution in [3.8, 4) is 11.5 Å². The number of benzene rings is 2. The maximum atomic E-state index is 12.3. The van der Waals surface area contributed by atoms with Gasteiger partial charge in [-0.1, -0.05) is 39.8 Å². The number of ether oxygens (including phenoxy) is 2. The molecule has 1 heterocycles. The smallest absolute Gasteiger partial charge is 0.234 e. The Hall–Kier alpha value is -2.04. The Labute approximate surface area is 189 Å². The van der Waals surface area contributed by atoms with E-state index in [2.05, 4.69) is 47.4 Å². The fourth-order valence-corrected chi connectivity index (χ4v) is 3.82. The van der Waals surface area contributed by atoms with Crippen LogP contribution < -0.4 is 14.8 Å². The summed E-state index contributed by atoms with van der Waals surface area (Å²) in [6.45, 7) is 0.238. The number of para-hydroxylation sites is 2. The van der Waals surface area contributed by atoms with Crippen LogP contribution in [-0.2, 0) is 18.4 Å². The van der Waals surface area contributed by atoms with Gasteiger partial charge >= 0.3 is 0 Å². The Morgan fingerprint density at radius 3 is 2.69 bits per heavy atom. The molecule has 0 aliphatic carbocycles. The minimum Gasteiger partial charge on any atom is -0.493 e. The number of nitrogens with zero attached hydrogens (tertiary/aromatic N) is 3. The Bertz CT molecular complexity index is 1010. The molecule has 0 saturated carbocycles. The van der Waals surface area contributed by atoms with E-state index in [1.807, 2.05) is 54.1 Å². The summed E-state index contributed by atoms with van der Waals surface area (Å²) in [5.41, 5.74) is 0.703. The highest BCUT2D eigenvalue weighted by molar-refractivity contribution is 9.11. The summed E-state index contributed by atoms with van der Waals surface area (Å²) >= 11 is 8.13. The van der Waals surface area contributed by atoms with E-state index in [4.69, 9.17) is 9.47 Å². The summed E-state index contributed by atoms with van der Waals surface area (Å²) in [7, 11) is 3.43. The zero-order valence-electron chi connectivity index (χ0n) is 15.7. The number of carbonyl (C=O) groups excluding carboxylic acids is 1. The van der Waals surface area contributed by atoms with E-state index in [0.29, 0.717) is 28.2 Å². The van der Waals surface area contributed by atoms with Crippen LogP contribution in [0.15, 0.2) is 56.6 Å². The summed E-state index contributed by atoms with van der Waals surface area (Å²) in [5, 5.41) is 11.8. The molecule has 2 aromatic carbocycles. The second-order valence-electron chi connectivity index (χ2n) is 5.86. The van der Waals surface area contributed by atoms with Gasteiger partial charge in [0.2, 0.25) is 5.91 Å². The summed E-state index contributed by atoms with van der Waals surface area (Å²) in [6.07, 6.45) is 0. The number of nitrogens with one attached hydrogen (secondary N) is 1. The fraction of sp³-hybridized carbons (Fsp3) is 0.211. The number of amides is 1. The summed E-state index contributed by atoms with van der Waals surface area (Å²) in [5.74, 6) is 2.00. The largest absolute Gasteiger partial charge is 0.493 e. The number of thioether (sulfide) groups is 1. The van der Waals surface area contributed by atoms with E-state index < -0.39 is 0 Å². The van der Waals surface area contributed by atoms with Crippen LogP contribution in [0.4, 0.5) is 5.69 Å². The second kappa shape index (κ2) is 10.1. The van der Waals surface area contributed by atoms with E-state index in [-0.39, 0.29) is 18.3 Å². The number of hydrogen-bond acceptors (Lipinski definition) is 6. The highest BCUT2D eigenvalue weighted by Crippen LogP contribution is 2.28. The van der Waals surface area contributed by atoms with Crippen LogP contribution in [0, 0.1) is 0 Å². The molecule has 10 heteroatoms. The molecule has 0 bridgehead atoms. The third-order valence-corrected chi connectivity index (χ3v) is 6.09. The van der Waals surface area contributed by atoms with Gasteiger partial charge in [0, 0.05) is 16.0 Å². The zero-order valence-corrected chi connectivity index (χ0v) is 19.7. The molecule has 152 valence electrons. The Morgan fingerprint density at radius 1 is 1.17 bits per heavy atom. The number of methoxy groups -OCH3 is 1. The van der Waals surface area contributed by atoms with Crippen LogP contribution in [0.25, 0.3) is 0 Å². The lowest BCUT2D eigenvalue weighted by Gasteiger charge is -2.10. The molecular formula is C19H18Br2N4O3S. The molecule has 29 heavy (non-hydrogen) atoms. The highest BCUT2D eigenvalue weighted by Gasteiger charge is 2.14. The molecule has 1 N–H and O–H groups in total. The van der Waals surface area contributed by atoms with Gasteiger partial charge in [-0.25, -0.2) is 0 Å². The first-order chi connectivity index (χ1) is 14.0. The van der Waals surface area contributed by atoms with Crippen molar-refractivity contribution >= 4 is 55.2 Å². The summed E-state index contributed by atoms with van der Waals surface area (Å²) in [6, 6.07) is 13.0. The van der Waals surface area contributed by atoms with Crippen molar-refractivity contribution in [1.82, 2.24) is 14.8 Å². The van der Waals surface area contributed by atoms with Crippen molar-refractivity contribution in [2.75, 3.05) is 18.2 Å². The van der Waals surface area contributed by atoms with Crippen molar-refractivity contribution in [2.45, 2.75) is 11.8 Å². The van der Waals surface area contributed by atoms with Gasteiger partial charge in [-0.15, -0.1) is 10.2 Å². The van der Waals surface area contributed by atoms with Crippen LogP contribution in [0.5, 0.6) is 11.5 Å². The number of aromatic nitrogens is 3. The molecule has 0 aliphatic heterocycles. The number of hydrogen-bond donors (Lipinski definition) is 1. The van der Waals surface area contributed by atoms with Crippen molar-refractivity contribution in [3.05, 3.63) is 57.2 Å². The summed E-state index contributed by atoms with van der Waals surface area (Å²) in [4.78, 5) is 12.3. The molecule has 0 aliphatic rings. The van der Waals surface area contributed by atoms with Crippen LogP contribution >= 0.6 is 43.6 Å². The number of halogens is 2. The molecule has 0 fully saturated rings. The normalized spacial score (nSPS) is 10.6. The van der Waals surface area contributed by atoms with Gasteiger partial charge in [-0.3, -0.25) is 4.79 Å². The topological polar surface area (TPSA) is 78.3 Å². The molecule has 1 amide bonds. The monoisotopic (exact) mass is 540 g/mol. The van der Waals surface area contributed by atoms with Crippen LogP contribution in [-0.4, -0.2) is 33.5 Å². The number of anilines is 1. The average Bonchev–Trinajstić information content (AvgIpc) is 3.07. The maximum Gasteiger partial charge on any atom is 0.234 e. The minimum absolute atomic E-state index is 0.136. The average molecular weight is 542 g/mol. The lowest BCUT2D eigenvalue weighted by Crippen LogP contribution is -2.15. The molecule has 0 spiro atoms. The lowest BCUT2D eigenvalue weighted by atomic mass is 10.3. The Balaban J connectivity index is 1.56. The molecule has 3 aromatic rings. The second-order valence-corrected chi connectivity index (χ2v) is 8.57. The molecular weight excluding hydrogens is 524 g/mol. The van der Waals surface area contributed by atoms with Crippen molar-refractivity contribution in [3.63, 3.8) is 0 Å². The highest BCUT2D eigenvalue weighted by atomic mass is 79.9. The van der Waals surface area contributed by atoms with Crippen LogP contribution in [0.3, 0.4) is 0 Å².